The largest absolute Gasteiger partial charge is 0.444 e. The number of hydrogen-bond acceptors (Lipinski definition) is 5. The molecule has 0 saturated carbocycles. The van der Waals surface area contributed by atoms with E-state index in [1.54, 1.807) is 48.5 Å². The zero-order chi connectivity index (χ0) is 18.0. The van der Waals surface area contributed by atoms with E-state index in [0.29, 0.717) is 16.7 Å². The highest BCUT2D eigenvalue weighted by Gasteiger charge is 2.35. The molecule has 0 saturated heterocycles. The van der Waals surface area contributed by atoms with Gasteiger partial charge in [-0.1, -0.05) is 24.3 Å². The fraction of sp³-hybridized carbons (Fsp3) is 0.158. The van der Waals surface area contributed by atoms with E-state index in [4.69, 9.17) is 10.00 Å². The van der Waals surface area contributed by atoms with Gasteiger partial charge in [0, 0.05) is 0 Å². The van der Waals surface area contributed by atoms with Gasteiger partial charge in [0.25, 0.3) is 11.8 Å². The lowest BCUT2D eigenvalue weighted by Gasteiger charge is -2.14. The highest BCUT2D eigenvalue weighted by molar-refractivity contribution is 6.21. The zero-order valence-corrected chi connectivity index (χ0v) is 13.4. The van der Waals surface area contributed by atoms with Gasteiger partial charge in [0.1, 0.15) is 6.07 Å². The topological polar surface area (TPSA) is 87.5 Å². The molecule has 25 heavy (non-hydrogen) atoms. The number of carbonyl (C=O) groups is 3. The lowest BCUT2D eigenvalue weighted by molar-refractivity contribution is 0.0435. The Morgan fingerprint density at radius 1 is 1.12 bits per heavy atom. The molecule has 124 valence electrons. The van der Waals surface area contributed by atoms with Crippen LogP contribution in [0, 0.1) is 11.3 Å². The predicted molar refractivity (Wildman–Crippen MR) is 87.6 cm³/mol. The predicted octanol–water partition coefficient (Wildman–Crippen LogP) is 2.55. The van der Waals surface area contributed by atoms with Crippen LogP contribution in [0.3, 0.4) is 0 Å². The molecule has 0 unspecified atom stereocenters. The molecule has 1 atom stereocenters. The highest BCUT2D eigenvalue weighted by Crippen LogP contribution is 2.24. The molecular weight excluding hydrogens is 320 g/mol. The number of nitriles is 1. The van der Waals surface area contributed by atoms with Crippen LogP contribution in [0.2, 0.25) is 0 Å². The smallest absolute Gasteiger partial charge is 0.339 e. The lowest BCUT2D eigenvalue weighted by Crippen LogP contribution is -2.29. The minimum atomic E-state index is -0.854. The summed E-state index contributed by atoms with van der Waals surface area (Å²) in [6, 6.07) is 14.9. The molecule has 2 aromatic rings. The van der Waals surface area contributed by atoms with Gasteiger partial charge in [-0.25, -0.2) is 4.79 Å². The number of amides is 2. The quantitative estimate of drug-likeness (QED) is 0.633. The Bertz CT molecular complexity index is 879. The van der Waals surface area contributed by atoms with Gasteiger partial charge in [0.2, 0.25) is 0 Å². The van der Waals surface area contributed by atoms with Crippen molar-refractivity contribution in [1.82, 2.24) is 4.90 Å². The maximum Gasteiger partial charge on any atom is 0.339 e. The van der Waals surface area contributed by atoms with E-state index in [0.717, 1.165) is 4.90 Å². The molecule has 1 aliphatic heterocycles. The summed E-state index contributed by atoms with van der Waals surface area (Å²) < 4.78 is 4.96. The summed E-state index contributed by atoms with van der Waals surface area (Å²) >= 11 is 0. The molecule has 0 N–H and O–H groups in total. The molecule has 0 aromatic heterocycles. The van der Waals surface area contributed by atoms with E-state index in [2.05, 4.69) is 0 Å². The van der Waals surface area contributed by atoms with E-state index in [1.807, 2.05) is 6.07 Å². The molecule has 0 spiro atoms. The van der Waals surface area contributed by atoms with Gasteiger partial charge >= 0.3 is 5.97 Å². The Labute approximate surface area is 144 Å². The Hall–Kier alpha value is -3.46. The molecule has 0 aliphatic carbocycles. The number of benzene rings is 2. The van der Waals surface area contributed by atoms with Crippen molar-refractivity contribution < 1.29 is 19.1 Å². The Kier molecular flexibility index (Phi) is 4.31. The first kappa shape index (κ1) is 16.4. The Morgan fingerprint density at radius 2 is 1.76 bits per heavy atom. The number of rotatable bonds is 4. The summed E-state index contributed by atoms with van der Waals surface area (Å²) in [4.78, 5) is 37.9. The standard InChI is InChI=1S/C19H14N2O4/c1-12(10-20)25-19(24)14-6-4-5-13(9-14)11-21-17(22)15-7-2-3-8-16(15)18(21)23/h2-9,12H,11H2,1H3/t12-/m0/s1. The summed E-state index contributed by atoms with van der Waals surface area (Å²) in [6.07, 6.45) is -0.854. The molecule has 1 aliphatic rings. The summed E-state index contributed by atoms with van der Waals surface area (Å²) in [5.41, 5.74) is 1.64. The van der Waals surface area contributed by atoms with Crippen LogP contribution in [0.1, 0.15) is 43.6 Å². The highest BCUT2D eigenvalue weighted by atomic mass is 16.5. The van der Waals surface area contributed by atoms with Crippen molar-refractivity contribution in [2.24, 2.45) is 0 Å². The summed E-state index contributed by atoms with van der Waals surface area (Å²) in [7, 11) is 0. The average Bonchev–Trinajstić information content (AvgIpc) is 2.87. The van der Waals surface area contributed by atoms with Gasteiger partial charge in [0.05, 0.1) is 23.2 Å². The first-order chi connectivity index (χ1) is 12.0. The summed E-state index contributed by atoms with van der Waals surface area (Å²) in [6.45, 7) is 1.53. The second-order valence-corrected chi connectivity index (χ2v) is 5.62. The monoisotopic (exact) mass is 334 g/mol. The van der Waals surface area contributed by atoms with Gasteiger partial charge in [-0.05, 0) is 36.8 Å². The minimum absolute atomic E-state index is 0.0568. The van der Waals surface area contributed by atoms with Gasteiger partial charge in [-0.3, -0.25) is 14.5 Å². The maximum atomic E-state index is 12.4. The van der Waals surface area contributed by atoms with Crippen molar-refractivity contribution in [1.29, 1.82) is 5.26 Å². The van der Waals surface area contributed by atoms with E-state index in [1.165, 1.54) is 6.92 Å². The fourth-order valence-corrected chi connectivity index (χ4v) is 2.62. The van der Waals surface area contributed by atoms with Crippen molar-refractivity contribution >= 4 is 17.8 Å². The van der Waals surface area contributed by atoms with Crippen molar-refractivity contribution in [2.75, 3.05) is 0 Å². The Morgan fingerprint density at radius 3 is 2.36 bits per heavy atom. The van der Waals surface area contributed by atoms with Crippen LogP contribution in [0.15, 0.2) is 48.5 Å². The minimum Gasteiger partial charge on any atom is -0.444 e. The number of carbonyl (C=O) groups excluding carboxylic acids is 3. The summed E-state index contributed by atoms with van der Waals surface area (Å²) in [5, 5.41) is 8.71. The van der Waals surface area contributed by atoms with Crippen molar-refractivity contribution in [3.05, 3.63) is 70.8 Å². The van der Waals surface area contributed by atoms with Crippen molar-refractivity contribution in [3.8, 4) is 6.07 Å². The van der Waals surface area contributed by atoms with Crippen LogP contribution >= 0.6 is 0 Å². The molecule has 6 heteroatoms. The first-order valence-corrected chi connectivity index (χ1v) is 7.66. The third-order valence-corrected chi connectivity index (χ3v) is 3.85. The van der Waals surface area contributed by atoms with Gasteiger partial charge in [-0.15, -0.1) is 0 Å². The number of ether oxygens (including phenoxy) is 1. The van der Waals surface area contributed by atoms with Crippen molar-refractivity contribution in [3.63, 3.8) is 0 Å². The van der Waals surface area contributed by atoms with E-state index >= 15 is 0 Å². The molecule has 0 bridgehead atoms. The first-order valence-electron chi connectivity index (χ1n) is 7.66. The SMILES string of the molecule is C[C@@H](C#N)OC(=O)c1cccc(CN2C(=O)c3ccccc3C2=O)c1. The number of hydrogen-bond donors (Lipinski definition) is 0. The summed E-state index contributed by atoms with van der Waals surface area (Å²) in [5.74, 6) is -1.34. The van der Waals surface area contributed by atoms with E-state index in [-0.39, 0.29) is 23.9 Å². The third-order valence-electron chi connectivity index (χ3n) is 3.85. The lowest BCUT2D eigenvalue weighted by atomic mass is 10.1. The van der Waals surface area contributed by atoms with Crippen LogP contribution in [-0.2, 0) is 11.3 Å². The molecule has 1 heterocycles. The van der Waals surface area contributed by atoms with Crippen LogP contribution in [0.5, 0.6) is 0 Å². The molecule has 6 nitrogen and oxygen atoms in total. The number of nitrogens with zero attached hydrogens (tertiary/aromatic N) is 2. The van der Waals surface area contributed by atoms with Crippen molar-refractivity contribution in [2.45, 2.75) is 19.6 Å². The van der Waals surface area contributed by atoms with Crippen LogP contribution in [-0.4, -0.2) is 28.8 Å². The fourth-order valence-electron chi connectivity index (χ4n) is 2.62. The van der Waals surface area contributed by atoms with Gasteiger partial charge in [0.15, 0.2) is 6.10 Å². The molecule has 0 radical (unpaired) electrons. The molecule has 2 amide bonds. The van der Waals surface area contributed by atoms with Gasteiger partial charge < -0.3 is 4.74 Å². The van der Waals surface area contributed by atoms with Crippen LogP contribution < -0.4 is 0 Å². The third kappa shape index (κ3) is 3.12. The van der Waals surface area contributed by atoms with Crippen LogP contribution in [0.4, 0.5) is 0 Å². The Balaban J connectivity index is 1.80. The van der Waals surface area contributed by atoms with E-state index < -0.39 is 12.1 Å². The number of fused-ring (bicyclic) bond motifs is 1. The van der Waals surface area contributed by atoms with Crippen LogP contribution in [0.25, 0.3) is 0 Å². The molecule has 2 aromatic carbocycles. The van der Waals surface area contributed by atoms with Gasteiger partial charge in [-0.2, -0.15) is 5.26 Å². The van der Waals surface area contributed by atoms with E-state index in [9.17, 15) is 14.4 Å². The second kappa shape index (κ2) is 6.57. The normalized spacial score (nSPS) is 14.0. The molecule has 0 fully saturated rings. The number of imide groups is 1. The zero-order valence-electron chi connectivity index (χ0n) is 13.4. The molecule has 3 rings (SSSR count). The number of esters is 1. The second-order valence-electron chi connectivity index (χ2n) is 5.62. The maximum absolute atomic E-state index is 12.4. The molecular formula is C19H14N2O4. The average molecular weight is 334 g/mol.